The van der Waals surface area contributed by atoms with Crippen LogP contribution >= 0.6 is 0 Å². The molecular weight excluding hydrogens is 386 g/mol. The molecule has 1 unspecified atom stereocenters. The Kier molecular flexibility index (Phi) is 6.86. The molecule has 0 radical (unpaired) electrons. The van der Waals surface area contributed by atoms with Crippen LogP contribution in [0, 0.1) is 13.8 Å². The van der Waals surface area contributed by atoms with Gasteiger partial charge in [-0.15, -0.1) is 0 Å². The second kappa shape index (κ2) is 9.77. The maximum Gasteiger partial charge on any atom is 0.122 e. The van der Waals surface area contributed by atoms with E-state index >= 15 is 0 Å². The smallest absolute Gasteiger partial charge is 0.122 e. The quantitative estimate of drug-likeness (QED) is 0.629. The van der Waals surface area contributed by atoms with E-state index in [1.807, 2.05) is 12.3 Å². The maximum atomic E-state index is 9.70. The molecular formula is C26H33N3O2. The Hall–Kier alpha value is -2.47. The number of aliphatic hydroxyl groups is 1. The minimum atomic E-state index is 0.220. The van der Waals surface area contributed by atoms with Crippen LogP contribution in [-0.4, -0.2) is 59.3 Å². The number of methoxy groups -OCH3 is 1. The van der Waals surface area contributed by atoms with E-state index in [9.17, 15) is 5.11 Å². The number of pyridine rings is 1. The van der Waals surface area contributed by atoms with E-state index in [1.165, 1.54) is 27.6 Å². The van der Waals surface area contributed by atoms with Crippen molar-refractivity contribution in [3.05, 3.63) is 70.9 Å². The maximum absolute atomic E-state index is 9.70. The lowest BCUT2D eigenvalue weighted by molar-refractivity contribution is 0.0498. The number of ether oxygens (including phenoxy) is 1. The van der Waals surface area contributed by atoms with Crippen LogP contribution in [0.3, 0.4) is 0 Å². The summed E-state index contributed by atoms with van der Waals surface area (Å²) < 4.78 is 5.47. The SMILES string of the molecule is COc1ccc(CN2CCN(Cc3ccc4ncccc4c3)CC2CCO)c(C)c1C. The lowest BCUT2D eigenvalue weighted by Gasteiger charge is -2.41. The largest absolute Gasteiger partial charge is 0.496 e. The molecule has 0 saturated carbocycles. The predicted octanol–water partition coefficient (Wildman–Crippen LogP) is 3.93. The molecule has 1 fully saturated rings. The number of fused-ring (bicyclic) bond motifs is 1. The average molecular weight is 420 g/mol. The topological polar surface area (TPSA) is 48.8 Å². The van der Waals surface area contributed by atoms with E-state index in [0.29, 0.717) is 6.04 Å². The zero-order valence-electron chi connectivity index (χ0n) is 18.8. The lowest BCUT2D eigenvalue weighted by atomic mass is 10.00. The molecule has 5 heteroatoms. The molecule has 2 aromatic carbocycles. The minimum absolute atomic E-state index is 0.220. The van der Waals surface area contributed by atoms with Crippen molar-refractivity contribution in [1.82, 2.24) is 14.8 Å². The molecule has 1 atom stereocenters. The Morgan fingerprint density at radius 1 is 1.06 bits per heavy atom. The fraction of sp³-hybridized carbons (Fsp3) is 0.423. The van der Waals surface area contributed by atoms with Gasteiger partial charge in [0.05, 0.1) is 12.6 Å². The summed E-state index contributed by atoms with van der Waals surface area (Å²) in [4.78, 5) is 9.47. The highest BCUT2D eigenvalue weighted by atomic mass is 16.5. The Labute approximate surface area is 185 Å². The first-order chi connectivity index (χ1) is 15.1. The van der Waals surface area contributed by atoms with Crippen LogP contribution in [0.2, 0.25) is 0 Å². The van der Waals surface area contributed by atoms with E-state index in [0.717, 1.165) is 50.4 Å². The standard InChI is InChI=1S/C26H33N3O2/c1-19-20(2)26(31-3)9-7-23(19)17-29-13-12-28(18-24(29)10-14-30)16-21-6-8-25-22(15-21)5-4-11-27-25/h4-9,11,15,24,30H,10,12-14,16-18H2,1-3H3. The van der Waals surface area contributed by atoms with Crippen molar-refractivity contribution in [2.75, 3.05) is 33.4 Å². The summed E-state index contributed by atoms with van der Waals surface area (Å²) in [6.45, 7) is 9.37. The third-order valence-corrected chi connectivity index (χ3v) is 6.67. The first-order valence-corrected chi connectivity index (χ1v) is 11.1. The van der Waals surface area contributed by atoms with Crippen LogP contribution < -0.4 is 4.74 Å². The molecule has 1 aromatic heterocycles. The van der Waals surface area contributed by atoms with Crippen LogP contribution in [0.1, 0.15) is 28.7 Å². The number of hydrogen-bond acceptors (Lipinski definition) is 5. The normalized spacial score (nSPS) is 17.9. The van der Waals surface area contributed by atoms with Gasteiger partial charge >= 0.3 is 0 Å². The molecule has 0 aliphatic carbocycles. The molecule has 164 valence electrons. The molecule has 1 saturated heterocycles. The highest BCUT2D eigenvalue weighted by Gasteiger charge is 2.27. The molecule has 0 bridgehead atoms. The second-order valence-electron chi connectivity index (χ2n) is 8.58. The molecule has 1 N–H and O–H groups in total. The number of hydrogen-bond donors (Lipinski definition) is 1. The third kappa shape index (κ3) is 4.90. The number of piperazine rings is 1. The van der Waals surface area contributed by atoms with E-state index < -0.39 is 0 Å². The van der Waals surface area contributed by atoms with Crippen LogP contribution in [0.25, 0.3) is 10.9 Å². The van der Waals surface area contributed by atoms with Crippen molar-refractivity contribution in [3.8, 4) is 5.75 Å². The van der Waals surface area contributed by atoms with Crippen LogP contribution in [0.15, 0.2) is 48.7 Å². The Bertz CT molecular complexity index is 1040. The number of rotatable bonds is 7. The molecule has 2 heterocycles. The summed E-state index contributed by atoms with van der Waals surface area (Å²) in [7, 11) is 1.73. The summed E-state index contributed by atoms with van der Waals surface area (Å²) in [5.41, 5.74) is 6.21. The average Bonchev–Trinajstić information content (AvgIpc) is 2.79. The number of benzene rings is 2. The van der Waals surface area contributed by atoms with E-state index in [1.54, 1.807) is 7.11 Å². The zero-order valence-corrected chi connectivity index (χ0v) is 18.8. The van der Waals surface area contributed by atoms with Gasteiger partial charge in [0.2, 0.25) is 0 Å². The van der Waals surface area contributed by atoms with Crippen molar-refractivity contribution in [3.63, 3.8) is 0 Å². The van der Waals surface area contributed by atoms with Crippen molar-refractivity contribution in [2.24, 2.45) is 0 Å². The summed E-state index contributed by atoms with van der Waals surface area (Å²) in [6.07, 6.45) is 2.64. The summed E-state index contributed by atoms with van der Waals surface area (Å²) in [5, 5.41) is 10.9. The van der Waals surface area contributed by atoms with Crippen molar-refractivity contribution >= 4 is 10.9 Å². The number of aliphatic hydroxyl groups excluding tert-OH is 1. The summed E-state index contributed by atoms with van der Waals surface area (Å²) >= 11 is 0. The van der Waals surface area contributed by atoms with Crippen LogP contribution in [0.5, 0.6) is 5.75 Å². The lowest BCUT2D eigenvalue weighted by Crippen LogP contribution is -2.52. The Morgan fingerprint density at radius 3 is 2.74 bits per heavy atom. The molecule has 1 aliphatic heterocycles. The minimum Gasteiger partial charge on any atom is -0.496 e. The van der Waals surface area contributed by atoms with Gasteiger partial charge in [0.25, 0.3) is 0 Å². The van der Waals surface area contributed by atoms with E-state index in [2.05, 4.69) is 65.0 Å². The van der Waals surface area contributed by atoms with Gasteiger partial charge in [-0.3, -0.25) is 14.8 Å². The van der Waals surface area contributed by atoms with Gasteiger partial charge in [0, 0.05) is 57.0 Å². The Balaban J connectivity index is 1.45. The first kappa shape index (κ1) is 21.8. The van der Waals surface area contributed by atoms with Crippen LogP contribution in [0.4, 0.5) is 0 Å². The molecule has 4 rings (SSSR count). The second-order valence-corrected chi connectivity index (χ2v) is 8.58. The monoisotopic (exact) mass is 419 g/mol. The van der Waals surface area contributed by atoms with Gasteiger partial charge in [0.15, 0.2) is 0 Å². The van der Waals surface area contributed by atoms with Crippen LogP contribution in [-0.2, 0) is 13.1 Å². The molecule has 5 nitrogen and oxygen atoms in total. The summed E-state index contributed by atoms with van der Waals surface area (Å²) in [6, 6.07) is 15.3. The van der Waals surface area contributed by atoms with Crippen molar-refractivity contribution < 1.29 is 9.84 Å². The van der Waals surface area contributed by atoms with Crippen molar-refractivity contribution in [2.45, 2.75) is 39.4 Å². The van der Waals surface area contributed by atoms with Crippen molar-refractivity contribution in [1.29, 1.82) is 0 Å². The molecule has 31 heavy (non-hydrogen) atoms. The van der Waals surface area contributed by atoms with Gasteiger partial charge in [-0.05, 0) is 66.8 Å². The molecule has 3 aromatic rings. The Morgan fingerprint density at radius 2 is 1.94 bits per heavy atom. The molecule has 0 spiro atoms. The number of nitrogens with zero attached hydrogens (tertiary/aromatic N) is 3. The highest BCUT2D eigenvalue weighted by molar-refractivity contribution is 5.78. The zero-order chi connectivity index (χ0) is 21.8. The highest BCUT2D eigenvalue weighted by Crippen LogP contribution is 2.27. The molecule has 0 amide bonds. The van der Waals surface area contributed by atoms with E-state index in [4.69, 9.17) is 4.74 Å². The first-order valence-electron chi connectivity index (χ1n) is 11.1. The van der Waals surface area contributed by atoms with Gasteiger partial charge in [-0.1, -0.05) is 18.2 Å². The number of aromatic nitrogens is 1. The molecule has 1 aliphatic rings. The van der Waals surface area contributed by atoms with E-state index in [-0.39, 0.29) is 6.61 Å². The van der Waals surface area contributed by atoms with Gasteiger partial charge in [0.1, 0.15) is 5.75 Å². The van der Waals surface area contributed by atoms with Gasteiger partial charge in [-0.25, -0.2) is 0 Å². The summed E-state index contributed by atoms with van der Waals surface area (Å²) in [5.74, 6) is 0.948. The van der Waals surface area contributed by atoms with Gasteiger partial charge in [-0.2, -0.15) is 0 Å². The fourth-order valence-corrected chi connectivity index (χ4v) is 4.68. The predicted molar refractivity (Wildman–Crippen MR) is 125 cm³/mol. The third-order valence-electron chi connectivity index (χ3n) is 6.67. The van der Waals surface area contributed by atoms with Gasteiger partial charge < -0.3 is 9.84 Å². The fourth-order valence-electron chi connectivity index (χ4n) is 4.68.